The zero-order valence-electron chi connectivity index (χ0n) is 15.1. The molecule has 1 heterocycles. The Bertz CT molecular complexity index is 405. The lowest BCUT2D eigenvalue weighted by molar-refractivity contribution is 0.00306. The Morgan fingerprint density at radius 1 is 0.913 bits per heavy atom. The monoisotopic (exact) mass is 342 g/mol. The molecule has 8 heteroatoms. The van der Waals surface area contributed by atoms with Gasteiger partial charge in [0.15, 0.2) is 0 Å². The Kier molecular flexibility index (Phi) is 8.60. The minimum Gasteiger partial charge on any atom is -0.371 e. The molecule has 0 aromatic carbocycles. The maximum absolute atomic E-state index is 6.14. The first-order valence-corrected chi connectivity index (χ1v) is 10.2. The van der Waals surface area contributed by atoms with Crippen LogP contribution in [0.25, 0.3) is 0 Å². The molecule has 0 saturated carbocycles. The van der Waals surface area contributed by atoms with Gasteiger partial charge in [0.25, 0.3) is 0 Å². The minimum atomic E-state index is -2.72. The van der Waals surface area contributed by atoms with Crippen LogP contribution in [0.15, 0.2) is 12.7 Å². The van der Waals surface area contributed by atoms with Gasteiger partial charge in [-0.2, -0.15) is 0 Å². The highest BCUT2D eigenvalue weighted by Crippen LogP contribution is 2.23. The molecule has 0 spiro atoms. The molecule has 1 aromatic heterocycles. The summed E-state index contributed by atoms with van der Waals surface area (Å²) in [6.07, 6.45) is 3.99. The number of hydrogen-bond donors (Lipinski definition) is 1. The molecule has 7 nitrogen and oxygen atoms in total. The van der Waals surface area contributed by atoms with Gasteiger partial charge in [-0.1, -0.05) is 0 Å². The third-order valence-corrected chi connectivity index (χ3v) is 6.14. The molecule has 0 aliphatic rings. The van der Waals surface area contributed by atoms with E-state index < -0.39 is 8.80 Å². The van der Waals surface area contributed by atoms with Crippen LogP contribution in [-0.4, -0.2) is 48.6 Å². The van der Waals surface area contributed by atoms with E-state index >= 15 is 0 Å². The Morgan fingerprint density at radius 2 is 1.39 bits per heavy atom. The largest absolute Gasteiger partial charge is 0.501 e. The van der Waals surface area contributed by atoms with Gasteiger partial charge in [0.05, 0.1) is 0 Å². The van der Waals surface area contributed by atoms with E-state index in [1.807, 2.05) is 41.5 Å². The van der Waals surface area contributed by atoms with Gasteiger partial charge in [0.2, 0.25) is 5.95 Å². The summed E-state index contributed by atoms with van der Waals surface area (Å²) in [7, 11) is -2.72. The highest BCUT2D eigenvalue weighted by molar-refractivity contribution is 6.60. The van der Waals surface area contributed by atoms with Crippen LogP contribution in [0.5, 0.6) is 0 Å². The quantitative estimate of drug-likeness (QED) is 0.489. The summed E-state index contributed by atoms with van der Waals surface area (Å²) in [5.74, 6) is 0.576. The predicted octanol–water partition coefficient (Wildman–Crippen LogP) is 2.89. The summed E-state index contributed by atoms with van der Waals surface area (Å²) in [4.78, 5) is 11.9. The van der Waals surface area contributed by atoms with E-state index in [0.717, 1.165) is 19.0 Å². The summed E-state index contributed by atoms with van der Waals surface area (Å²) in [5.41, 5.74) is 0. The van der Waals surface area contributed by atoms with E-state index in [1.165, 1.54) is 12.7 Å². The van der Waals surface area contributed by atoms with E-state index in [9.17, 15) is 0 Å². The van der Waals surface area contributed by atoms with Crippen molar-refractivity contribution in [1.82, 2.24) is 15.0 Å². The molecular weight excluding hydrogens is 312 g/mol. The summed E-state index contributed by atoms with van der Waals surface area (Å²) < 4.78 is 18.4. The molecule has 0 saturated heterocycles. The lowest BCUT2D eigenvalue weighted by atomic mass is 10.5. The molecule has 0 atom stereocenters. The molecule has 0 radical (unpaired) electrons. The number of nitrogens with zero attached hydrogens (tertiary/aromatic N) is 3. The number of anilines is 1. The average molecular weight is 343 g/mol. The lowest BCUT2D eigenvalue weighted by Gasteiger charge is -2.34. The maximum Gasteiger partial charge on any atom is 0.501 e. The summed E-state index contributed by atoms with van der Waals surface area (Å²) in [6, 6.07) is 0.750. The van der Waals surface area contributed by atoms with Crippen molar-refractivity contribution in [3.8, 4) is 0 Å². The van der Waals surface area contributed by atoms with Gasteiger partial charge in [-0.3, -0.25) is 0 Å². The van der Waals surface area contributed by atoms with Crippen LogP contribution in [0, 0.1) is 0 Å². The molecule has 0 bridgehead atoms. The molecule has 0 aliphatic heterocycles. The molecule has 0 fully saturated rings. The second-order valence-electron chi connectivity index (χ2n) is 6.17. The summed E-state index contributed by atoms with van der Waals surface area (Å²) >= 11 is 0. The second-order valence-corrected chi connectivity index (χ2v) is 8.75. The molecule has 23 heavy (non-hydrogen) atoms. The number of rotatable bonds is 11. The van der Waals surface area contributed by atoms with Crippen molar-refractivity contribution in [2.75, 3.05) is 11.9 Å². The van der Waals surface area contributed by atoms with Gasteiger partial charge < -0.3 is 18.6 Å². The molecule has 0 amide bonds. The normalized spacial score (nSPS) is 12.4. The van der Waals surface area contributed by atoms with Crippen LogP contribution in [0.4, 0.5) is 5.95 Å². The van der Waals surface area contributed by atoms with Crippen LogP contribution in [-0.2, 0) is 13.3 Å². The fourth-order valence-corrected chi connectivity index (χ4v) is 5.46. The Morgan fingerprint density at radius 3 is 1.83 bits per heavy atom. The highest BCUT2D eigenvalue weighted by atomic mass is 28.4. The number of nitrogens with one attached hydrogen (secondary N) is 1. The van der Waals surface area contributed by atoms with Gasteiger partial charge in [-0.15, -0.1) is 0 Å². The molecule has 0 unspecified atom stereocenters. The van der Waals surface area contributed by atoms with Gasteiger partial charge in [0.1, 0.15) is 12.7 Å². The Hall–Kier alpha value is -1.09. The highest BCUT2D eigenvalue weighted by Gasteiger charge is 2.43. The van der Waals surface area contributed by atoms with Crippen LogP contribution < -0.4 is 5.32 Å². The number of hydrogen-bond acceptors (Lipinski definition) is 7. The third kappa shape index (κ3) is 8.36. The van der Waals surface area contributed by atoms with E-state index in [2.05, 4.69) is 20.3 Å². The zero-order valence-corrected chi connectivity index (χ0v) is 16.1. The SMILES string of the molecule is CC(C)O[Si](CCCNc1ncncn1)(OC(C)C)OC(C)C. The van der Waals surface area contributed by atoms with E-state index in [4.69, 9.17) is 13.3 Å². The predicted molar refractivity (Wildman–Crippen MR) is 92.2 cm³/mol. The fourth-order valence-electron chi connectivity index (χ4n) is 2.17. The topological polar surface area (TPSA) is 78.4 Å². The van der Waals surface area contributed by atoms with Crippen LogP contribution in [0.3, 0.4) is 0 Å². The average Bonchev–Trinajstić information content (AvgIpc) is 2.42. The fraction of sp³-hybridized carbons (Fsp3) is 0.800. The minimum absolute atomic E-state index is 0.0654. The van der Waals surface area contributed by atoms with Crippen molar-refractivity contribution in [3.05, 3.63) is 12.7 Å². The molecular formula is C15H30N4O3Si. The first-order valence-electron chi connectivity index (χ1n) is 8.22. The van der Waals surface area contributed by atoms with Crippen molar-refractivity contribution < 1.29 is 13.3 Å². The standard InChI is InChI=1S/C15H30N4O3Si/c1-12(2)20-23(21-13(3)4,22-14(5)6)9-7-8-17-15-18-10-16-11-19-15/h10-14H,7-9H2,1-6H3,(H,16,17,18,19). The first kappa shape index (κ1) is 20.0. The molecule has 1 rings (SSSR count). The lowest BCUT2D eigenvalue weighted by Crippen LogP contribution is -2.50. The maximum atomic E-state index is 6.14. The number of aromatic nitrogens is 3. The van der Waals surface area contributed by atoms with Crippen molar-refractivity contribution in [2.24, 2.45) is 0 Å². The summed E-state index contributed by atoms with van der Waals surface area (Å²) in [5, 5.41) is 3.17. The molecule has 1 N–H and O–H groups in total. The van der Waals surface area contributed by atoms with Crippen molar-refractivity contribution in [2.45, 2.75) is 72.3 Å². The van der Waals surface area contributed by atoms with Crippen LogP contribution >= 0.6 is 0 Å². The van der Waals surface area contributed by atoms with Gasteiger partial charge in [0, 0.05) is 30.9 Å². The van der Waals surface area contributed by atoms with Crippen LogP contribution in [0.1, 0.15) is 48.0 Å². The second kappa shape index (κ2) is 9.92. The molecule has 132 valence electrons. The Balaban J connectivity index is 2.62. The Labute approximate surface area is 140 Å². The van der Waals surface area contributed by atoms with Gasteiger partial charge in [-0.05, 0) is 48.0 Å². The molecule has 0 aliphatic carbocycles. The van der Waals surface area contributed by atoms with E-state index in [0.29, 0.717) is 5.95 Å². The summed E-state index contributed by atoms with van der Waals surface area (Å²) in [6.45, 7) is 12.8. The van der Waals surface area contributed by atoms with E-state index in [-0.39, 0.29) is 18.3 Å². The van der Waals surface area contributed by atoms with Gasteiger partial charge >= 0.3 is 8.80 Å². The van der Waals surface area contributed by atoms with Crippen molar-refractivity contribution >= 4 is 14.8 Å². The van der Waals surface area contributed by atoms with E-state index in [1.54, 1.807) is 0 Å². The smallest absolute Gasteiger partial charge is 0.371 e. The van der Waals surface area contributed by atoms with Crippen LogP contribution in [0.2, 0.25) is 6.04 Å². The van der Waals surface area contributed by atoms with Crippen molar-refractivity contribution in [1.29, 1.82) is 0 Å². The third-order valence-electron chi connectivity index (χ3n) is 2.68. The van der Waals surface area contributed by atoms with Gasteiger partial charge in [-0.25, -0.2) is 15.0 Å². The zero-order chi connectivity index (χ0) is 17.3. The first-order chi connectivity index (χ1) is 10.8. The molecule has 1 aromatic rings. The van der Waals surface area contributed by atoms with Crippen molar-refractivity contribution in [3.63, 3.8) is 0 Å².